The smallest absolute Gasteiger partial charge is 0.0395 e. The van der Waals surface area contributed by atoms with E-state index in [1.807, 2.05) is 0 Å². The number of hydrogen-bond acceptors (Lipinski definition) is 0. The zero-order valence-corrected chi connectivity index (χ0v) is 14.4. The molecule has 3 aromatic rings. The van der Waals surface area contributed by atoms with E-state index < -0.39 is 0 Å². The van der Waals surface area contributed by atoms with Crippen molar-refractivity contribution in [3.8, 4) is 22.3 Å². The van der Waals surface area contributed by atoms with Crippen molar-refractivity contribution in [2.45, 2.75) is 6.42 Å². The van der Waals surface area contributed by atoms with Gasteiger partial charge in [-0.3, -0.25) is 0 Å². The van der Waals surface area contributed by atoms with Gasteiger partial charge in [0.25, 0.3) is 0 Å². The summed E-state index contributed by atoms with van der Waals surface area (Å²) in [6.07, 6.45) is 1.01. The molecule has 2 heteroatoms. The Bertz CT molecular complexity index is 850. The molecule has 0 spiro atoms. The standard InChI is InChI=1S/C19H12Br2/c20-18-10-4-9-16(19(18)21)15-8-3-7-14-13-6-2-1-5-12(13)11-17(14)15/h1-10H,11H2. The summed E-state index contributed by atoms with van der Waals surface area (Å²) >= 11 is 7.32. The summed E-state index contributed by atoms with van der Waals surface area (Å²) in [5.74, 6) is 0. The Labute approximate surface area is 141 Å². The number of fused-ring (bicyclic) bond motifs is 3. The Balaban J connectivity index is 1.97. The second-order valence-electron chi connectivity index (χ2n) is 5.27. The minimum absolute atomic E-state index is 1.01. The molecule has 0 saturated carbocycles. The van der Waals surface area contributed by atoms with Crippen molar-refractivity contribution in [3.63, 3.8) is 0 Å². The molecular formula is C19H12Br2. The molecule has 4 rings (SSSR count). The highest BCUT2D eigenvalue weighted by atomic mass is 79.9. The highest BCUT2D eigenvalue weighted by molar-refractivity contribution is 9.13. The summed E-state index contributed by atoms with van der Waals surface area (Å²) in [4.78, 5) is 0. The van der Waals surface area contributed by atoms with Gasteiger partial charge in [0.05, 0.1) is 0 Å². The van der Waals surface area contributed by atoms with Gasteiger partial charge in [0, 0.05) is 8.95 Å². The number of hydrogen-bond donors (Lipinski definition) is 0. The van der Waals surface area contributed by atoms with E-state index in [1.54, 1.807) is 0 Å². The third-order valence-electron chi connectivity index (χ3n) is 4.09. The molecule has 0 atom stereocenters. The predicted octanol–water partition coefficient (Wildman–Crippen LogP) is 6.45. The fourth-order valence-electron chi connectivity index (χ4n) is 3.12. The number of rotatable bonds is 1. The lowest BCUT2D eigenvalue weighted by Crippen LogP contribution is -1.89. The normalized spacial score (nSPS) is 12.1. The van der Waals surface area contributed by atoms with Crippen LogP contribution in [0, 0.1) is 0 Å². The third-order valence-corrected chi connectivity index (χ3v) is 6.14. The molecule has 0 heterocycles. The average molecular weight is 400 g/mol. The molecule has 0 nitrogen and oxygen atoms in total. The van der Waals surface area contributed by atoms with Crippen LogP contribution in [0.15, 0.2) is 69.6 Å². The minimum atomic E-state index is 1.01. The van der Waals surface area contributed by atoms with Gasteiger partial charge in [-0.2, -0.15) is 0 Å². The Kier molecular flexibility index (Phi) is 3.24. The van der Waals surface area contributed by atoms with E-state index in [0.717, 1.165) is 15.4 Å². The van der Waals surface area contributed by atoms with Crippen LogP contribution in [0.25, 0.3) is 22.3 Å². The van der Waals surface area contributed by atoms with Crippen molar-refractivity contribution in [1.29, 1.82) is 0 Å². The van der Waals surface area contributed by atoms with Crippen LogP contribution >= 0.6 is 31.9 Å². The van der Waals surface area contributed by atoms with Crippen molar-refractivity contribution in [1.82, 2.24) is 0 Å². The molecular weight excluding hydrogens is 388 g/mol. The Morgan fingerprint density at radius 1 is 0.619 bits per heavy atom. The van der Waals surface area contributed by atoms with Crippen LogP contribution in [0.2, 0.25) is 0 Å². The van der Waals surface area contributed by atoms with Crippen molar-refractivity contribution < 1.29 is 0 Å². The fraction of sp³-hybridized carbons (Fsp3) is 0.0526. The zero-order chi connectivity index (χ0) is 14.4. The summed E-state index contributed by atoms with van der Waals surface area (Å²) in [6.45, 7) is 0. The zero-order valence-electron chi connectivity index (χ0n) is 11.2. The van der Waals surface area contributed by atoms with E-state index in [9.17, 15) is 0 Å². The third kappa shape index (κ3) is 2.09. The molecule has 21 heavy (non-hydrogen) atoms. The monoisotopic (exact) mass is 398 g/mol. The molecule has 0 radical (unpaired) electrons. The van der Waals surface area contributed by atoms with Crippen molar-refractivity contribution in [2.24, 2.45) is 0 Å². The molecule has 0 N–H and O–H groups in total. The first-order valence-corrected chi connectivity index (χ1v) is 8.49. The van der Waals surface area contributed by atoms with E-state index in [1.165, 1.54) is 33.4 Å². The van der Waals surface area contributed by atoms with Crippen molar-refractivity contribution in [2.75, 3.05) is 0 Å². The van der Waals surface area contributed by atoms with Gasteiger partial charge in [-0.25, -0.2) is 0 Å². The van der Waals surface area contributed by atoms with Gasteiger partial charge >= 0.3 is 0 Å². The summed E-state index contributed by atoms with van der Waals surface area (Å²) in [5.41, 5.74) is 8.16. The Morgan fingerprint density at radius 2 is 1.24 bits per heavy atom. The first kappa shape index (κ1) is 13.3. The first-order valence-electron chi connectivity index (χ1n) is 6.90. The van der Waals surface area contributed by atoms with E-state index >= 15 is 0 Å². The molecule has 102 valence electrons. The fourth-order valence-corrected chi connectivity index (χ4v) is 3.97. The maximum absolute atomic E-state index is 3.71. The first-order chi connectivity index (χ1) is 10.3. The molecule has 0 bridgehead atoms. The SMILES string of the molecule is Brc1cccc(-c2cccc3c2Cc2ccccc2-3)c1Br. The van der Waals surface area contributed by atoms with Crippen molar-refractivity contribution in [3.05, 3.63) is 80.7 Å². The van der Waals surface area contributed by atoms with Gasteiger partial charge in [0.1, 0.15) is 0 Å². The van der Waals surface area contributed by atoms with E-state index in [2.05, 4.69) is 92.5 Å². The van der Waals surface area contributed by atoms with Crippen LogP contribution in [-0.4, -0.2) is 0 Å². The van der Waals surface area contributed by atoms with Gasteiger partial charge in [-0.05, 0) is 77.7 Å². The molecule has 1 aliphatic rings. The quantitative estimate of drug-likeness (QED) is 0.345. The van der Waals surface area contributed by atoms with Gasteiger partial charge < -0.3 is 0 Å². The van der Waals surface area contributed by atoms with Gasteiger partial charge in [0.15, 0.2) is 0 Å². The van der Waals surface area contributed by atoms with Gasteiger partial charge in [-0.1, -0.05) is 54.6 Å². The lowest BCUT2D eigenvalue weighted by molar-refractivity contribution is 1.26. The number of halogens is 2. The van der Waals surface area contributed by atoms with Crippen molar-refractivity contribution >= 4 is 31.9 Å². The lowest BCUT2D eigenvalue weighted by Gasteiger charge is -2.11. The molecule has 0 unspecified atom stereocenters. The molecule has 3 aromatic carbocycles. The largest absolute Gasteiger partial charge is 0.0619 e. The van der Waals surface area contributed by atoms with Crippen LogP contribution in [0.5, 0.6) is 0 Å². The summed E-state index contributed by atoms with van der Waals surface area (Å²) in [5, 5.41) is 0. The Hall–Kier alpha value is -1.38. The van der Waals surface area contributed by atoms with Crippen LogP contribution in [0.1, 0.15) is 11.1 Å². The second-order valence-corrected chi connectivity index (χ2v) is 6.91. The highest BCUT2D eigenvalue weighted by Gasteiger charge is 2.21. The van der Waals surface area contributed by atoms with E-state index in [-0.39, 0.29) is 0 Å². The second kappa shape index (κ2) is 5.11. The summed E-state index contributed by atoms with van der Waals surface area (Å²) in [7, 11) is 0. The predicted molar refractivity (Wildman–Crippen MR) is 95.5 cm³/mol. The van der Waals surface area contributed by atoms with Gasteiger partial charge in [0.2, 0.25) is 0 Å². The number of benzene rings is 3. The highest BCUT2D eigenvalue weighted by Crippen LogP contribution is 2.43. The molecule has 0 saturated heterocycles. The lowest BCUT2D eigenvalue weighted by atomic mass is 9.96. The summed E-state index contributed by atoms with van der Waals surface area (Å²) in [6, 6.07) is 21.6. The van der Waals surface area contributed by atoms with Crippen LogP contribution in [0.4, 0.5) is 0 Å². The molecule has 1 aliphatic carbocycles. The molecule has 0 aromatic heterocycles. The van der Waals surface area contributed by atoms with Crippen LogP contribution in [-0.2, 0) is 6.42 Å². The summed E-state index contributed by atoms with van der Waals surface area (Å²) < 4.78 is 2.21. The van der Waals surface area contributed by atoms with E-state index in [4.69, 9.17) is 0 Å². The van der Waals surface area contributed by atoms with E-state index in [0.29, 0.717) is 0 Å². The Morgan fingerprint density at radius 3 is 2.10 bits per heavy atom. The average Bonchev–Trinajstić information content (AvgIpc) is 2.89. The van der Waals surface area contributed by atoms with Crippen LogP contribution < -0.4 is 0 Å². The van der Waals surface area contributed by atoms with Crippen LogP contribution in [0.3, 0.4) is 0 Å². The minimum Gasteiger partial charge on any atom is -0.0619 e. The molecule has 0 fully saturated rings. The maximum Gasteiger partial charge on any atom is 0.0395 e. The molecule has 0 aliphatic heterocycles. The maximum atomic E-state index is 3.71. The topological polar surface area (TPSA) is 0 Å². The molecule has 0 amide bonds. The van der Waals surface area contributed by atoms with Gasteiger partial charge in [-0.15, -0.1) is 0 Å².